The molecule has 0 bridgehead atoms. The van der Waals surface area contributed by atoms with Crippen LogP contribution in [0.4, 0.5) is 5.69 Å². The average molecular weight is 300 g/mol. The van der Waals surface area contributed by atoms with Gasteiger partial charge >= 0.3 is 0 Å². The second kappa shape index (κ2) is 5.78. The number of hydrogen-bond acceptors (Lipinski definition) is 2. The molecule has 0 amide bonds. The fourth-order valence-electron chi connectivity index (χ4n) is 2.22. The van der Waals surface area contributed by atoms with Crippen molar-refractivity contribution < 1.29 is 0 Å². The third-order valence-corrected chi connectivity index (χ3v) is 3.65. The van der Waals surface area contributed by atoms with E-state index in [1.165, 1.54) is 0 Å². The van der Waals surface area contributed by atoms with E-state index < -0.39 is 0 Å². The lowest BCUT2D eigenvalue weighted by atomic mass is 10.1. The number of nitrogens with zero attached hydrogens (tertiary/aromatic N) is 1. The molecule has 0 saturated carbocycles. The lowest BCUT2D eigenvalue weighted by Crippen LogP contribution is -2.07. The molecule has 0 unspecified atom stereocenters. The summed E-state index contributed by atoms with van der Waals surface area (Å²) < 4.78 is 0. The molecule has 0 aliphatic rings. The zero-order chi connectivity index (χ0) is 14.8. The van der Waals surface area contributed by atoms with E-state index in [1.807, 2.05) is 42.5 Å². The van der Waals surface area contributed by atoms with Gasteiger partial charge in [-0.25, -0.2) is 4.98 Å². The Labute approximate surface area is 129 Å². The number of hydrogen-bond donors (Lipinski definition) is 2. The number of benzene rings is 2. The summed E-state index contributed by atoms with van der Waals surface area (Å²) >= 11 is 6.33. The first-order valence-corrected chi connectivity index (χ1v) is 7.50. The second-order valence-electron chi connectivity index (χ2n) is 5.57. The standard InChI is InChI=1S/C17H18ClN3/c1-11(2)10-19-12-7-8-14(18)13(9-12)17-20-15-5-3-4-6-16(15)21-17/h3-9,11,19H,10H2,1-2H3,(H,20,21). The Morgan fingerprint density at radius 3 is 2.76 bits per heavy atom. The summed E-state index contributed by atoms with van der Waals surface area (Å²) in [5.74, 6) is 1.39. The highest BCUT2D eigenvalue weighted by Gasteiger charge is 2.10. The van der Waals surface area contributed by atoms with Crippen molar-refractivity contribution in [3.63, 3.8) is 0 Å². The highest BCUT2D eigenvalue weighted by atomic mass is 35.5. The number of nitrogens with one attached hydrogen (secondary N) is 2. The number of para-hydroxylation sites is 2. The average Bonchev–Trinajstić information content (AvgIpc) is 2.90. The van der Waals surface area contributed by atoms with Gasteiger partial charge in [0.25, 0.3) is 0 Å². The van der Waals surface area contributed by atoms with Gasteiger partial charge in [0.2, 0.25) is 0 Å². The Bertz CT molecular complexity index is 729. The van der Waals surface area contributed by atoms with Gasteiger partial charge in [0.1, 0.15) is 5.82 Å². The summed E-state index contributed by atoms with van der Waals surface area (Å²) in [6.45, 7) is 5.30. The maximum atomic E-state index is 6.33. The molecule has 2 aromatic carbocycles. The first-order chi connectivity index (χ1) is 10.1. The third-order valence-electron chi connectivity index (χ3n) is 3.33. The predicted octanol–water partition coefficient (Wildman–Crippen LogP) is 4.95. The van der Waals surface area contributed by atoms with Crippen molar-refractivity contribution in [1.29, 1.82) is 0 Å². The predicted molar refractivity (Wildman–Crippen MR) is 89.9 cm³/mol. The van der Waals surface area contributed by atoms with Crippen LogP contribution in [-0.4, -0.2) is 16.5 Å². The quantitative estimate of drug-likeness (QED) is 0.715. The molecule has 2 N–H and O–H groups in total. The van der Waals surface area contributed by atoms with Crippen molar-refractivity contribution in [2.24, 2.45) is 5.92 Å². The van der Waals surface area contributed by atoms with Crippen molar-refractivity contribution in [1.82, 2.24) is 9.97 Å². The minimum atomic E-state index is 0.593. The summed E-state index contributed by atoms with van der Waals surface area (Å²) in [4.78, 5) is 7.93. The van der Waals surface area contributed by atoms with Gasteiger partial charge in [-0.1, -0.05) is 37.6 Å². The smallest absolute Gasteiger partial charge is 0.140 e. The Hall–Kier alpha value is -2.00. The number of halogens is 1. The molecule has 1 aromatic heterocycles. The van der Waals surface area contributed by atoms with Crippen molar-refractivity contribution in [2.45, 2.75) is 13.8 Å². The van der Waals surface area contributed by atoms with Crippen LogP contribution >= 0.6 is 11.6 Å². The van der Waals surface area contributed by atoms with E-state index in [1.54, 1.807) is 0 Å². The van der Waals surface area contributed by atoms with Gasteiger partial charge in [-0.2, -0.15) is 0 Å². The minimum Gasteiger partial charge on any atom is -0.385 e. The van der Waals surface area contributed by atoms with Crippen LogP contribution in [0.2, 0.25) is 5.02 Å². The molecule has 0 aliphatic heterocycles. The fraction of sp³-hybridized carbons (Fsp3) is 0.235. The summed E-state index contributed by atoms with van der Waals surface area (Å²) in [6, 6.07) is 13.9. The zero-order valence-corrected chi connectivity index (χ0v) is 12.9. The Morgan fingerprint density at radius 1 is 1.19 bits per heavy atom. The van der Waals surface area contributed by atoms with E-state index >= 15 is 0 Å². The van der Waals surface area contributed by atoms with E-state index in [0.29, 0.717) is 10.9 Å². The molecular weight excluding hydrogens is 282 g/mol. The molecule has 3 aromatic rings. The molecule has 1 heterocycles. The van der Waals surface area contributed by atoms with Crippen LogP contribution < -0.4 is 5.32 Å². The molecule has 0 spiro atoms. The topological polar surface area (TPSA) is 40.7 Å². The van der Waals surface area contributed by atoms with Crippen LogP contribution in [0.1, 0.15) is 13.8 Å². The summed E-state index contributed by atoms with van der Waals surface area (Å²) in [7, 11) is 0. The van der Waals surface area contributed by atoms with E-state index in [4.69, 9.17) is 11.6 Å². The highest BCUT2D eigenvalue weighted by molar-refractivity contribution is 6.33. The van der Waals surface area contributed by atoms with Gasteiger partial charge in [0.05, 0.1) is 16.1 Å². The largest absolute Gasteiger partial charge is 0.385 e. The maximum absolute atomic E-state index is 6.33. The number of aromatic amines is 1. The lowest BCUT2D eigenvalue weighted by Gasteiger charge is -2.10. The maximum Gasteiger partial charge on any atom is 0.140 e. The molecule has 0 radical (unpaired) electrons. The summed E-state index contributed by atoms with van der Waals surface area (Å²) in [5.41, 5.74) is 3.94. The Morgan fingerprint density at radius 2 is 2.00 bits per heavy atom. The van der Waals surface area contributed by atoms with Gasteiger partial charge in [0.15, 0.2) is 0 Å². The SMILES string of the molecule is CC(C)CNc1ccc(Cl)c(-c2nc3ccccc3[nH]2)c1. The normalized spacial score (nSPS) is 11.2. The second-order valence-corrected chi connectivity index (χ2v) is 5.98. The number of H-pyrrole nitrogens is 1. The van der Waals surface area contributed by atoms with Crippen LogP contribution in [0.5, 0.6) is 0 Å². The van der Waals surface area contributed by atoms with Gasteiger partial charge < -0.3 is 10.3 Å². The molecule has 3 nitrogen and oxygen atoms in total. The molecular formula is C17H18ClN3. The number of fused-ring (bicyclic) bond motifs is 1. The molecule has 0 aliphatic carbocycles. The van der Waals surface area contributed by atoms with E-state index in [9.17, 15) is 0 Å². The number of rotatable bonds is 4. The van der Waals surface area contributed by atoms with Crippen LogP contribution in [-0.2, 0) is 0 Å². The number of imidazole rings is 1. The third kappa shape index (κ3) is 3.03. The molecule has 0 fully saturated rings. The fourth-order valence-corrected chi connectivity index (χ4v) is 2.43. The van der Waals surface area contributed by atoms with Crippen molar-refractivity contribution in [3.8, 4) is 11.4 Å². The van der Waals surface area contributed by atoms with E-state index in [-0.39, 0.29) is 0 Å². The van der Waals surface area contributed by atoms with Crippen LogP contribution in [0.25, 0.3) is 22.4 Å². The van der Waals surface area contributed by atoms with Crippen molar-refractivity contribution in [3.05, 3.63) is 47.5 Å². The van der Waals surface area contributed by atoms with Gasteiger partial charge in [-0.05, 0) is 36.2 Å². The van der Waals surface area contributed by atoms with Gasteiger partial charge in [0, 0.05) is 17.8 Å². The highest BCUT2D eigenvalue weighted by Crippen LogP contribution is 2.30. The van der Waals surface area contributed by atoms with Crippen molar-refractivity contribution >= 4 is 28.3 Å². The number of anilines is 1. The van der Waals surface area contributed by atoms with Crippen LogP contribution in [0.3, 0.4) is 0 Å². The summed E-state index contributed by atoms with van der Waals surface area (Å²) in [6.07, 6.45) is 0. The van der Waals surface area contributed by atoms with Crippen molar-refractivity contribution in [2.75, 3.05) is 11.9 Å². The molecule has 108 valence electrons. The van der Waals surface area contributed by atoms with Crippen LogP contribution in [0, 0.1) is 5.92 Å². The molecule has 0 atom stereocenters. The Kier molecular flexibility index (Phi) is 3.84. The molecule has 21 heavy (non-hydrogen) atoms. The van der Waals surface area contributed by atoms with E-state index in [2.05, 4.69) is 29.1 Å². The van der Waals surface area contributed by atoms with Gasteiger partial charge in [-0.3, -0.25) is 0 Å². The van der Waals surface area contributed by atoms with E-state index in [0.717, 1.165) is 34.7 Å². The zero-order valence-electron chi connectivity index (χ0n) is 12.2. The molecule has 0 saturated heterocycles. The minimum absolute atomic E-state index is 0.593. The first-order valence-electron chi connectivity index (χ1n) is 7.12. The lowest BCUT2D eigenvalue weighted by molar-refractivity contribution is 0.689. The first kappa shape index (κ1) is 14.0. The molecule has 3 rings (SSSR count). The summed E-state index contributed by atoms with van der Waals surface area (Å²) in [5, 5.41) is 4.11. The molecule has 4 heteroatoms. The van der Waals surface area contributed by atoms with Gasteiger partial charge in [-0.15, -0.1) is 0 Å². The monoisotopic (exact) mass is 299 g/mol. The Balaban J connectivity index is 1.98. The van der Waals surface area contributed by atoms with Crippen LogP contribution in [0.15, 0.2) is 42.5 Å². The number of aromatic nitrogens is 2.